The molecular formula is C15H11N5O2. The number of carbonyl (C=O) groups excluding carboxylic acids is 1. The van der Waals surface area contributed by atoms with Gasteiger partial charge in [-0.25, -0.2) is 0 Å². The molecule has 2 N–H and O–H groups in total. The van der Waals surface area contributed by atoms with E-state index in [1.165, 1.54) is 6.07 Å². The summed E-state index contributed by atoms with van der Waals surface area (Å²) >= 11 is 0. The van der Waals surface area contributed by atoms with E-state index in [0.29, 0.717) is 17.1 Å². The fraction of sp³-hybridized carbons (Fsp3) is 0. The van der Waals surface area contributed by atoms with E-state index in [2.05, 4.69) is 25.7 Å². The molecule has 0 fully saturated rings. The number of hydrogen-bond donors (Lipinski definition) is 2. The summed E-state index contributed by atoms with van der Waals surface area (Å²) in [6.07, 6.45) is 1.66. The van der Waals surface area contributed by atoms with Gasteiger partial charge in [-0.2, -0.15) is 5.10 Å². The van der Waals surface area contributed by atoms with Crippen LogP contribution in [-0.2, 0) is 0 Å². The van der Waals surface area contributed by atoms with Crippen LogP contribution in [0.15, 0.2) is 59.9 Å². The number of anilines is 1. The largest absolute Gasteiger partial charge is 0.321 e. The molecule has 0 atom stereocenters. The van der Waals surface area contributed by atoms with Crippen LogP contribution in [0.3, 0.4) is 0 Å². The van der Waals surface area contributed by atoms with Crippen LogP contribution in [0.5, 0.6) is 0 Å². The monoisotopic (exact) mass is 293 g/mol. The molecule has 22 heavy (non-hydrogen) atoms. The number of H-pyrrole nitrogens is 1. The highest BCUT2D eigenvalue weighted by Crippen LogP contribution is 2.19. The summed E-state index contributed by atoms with van der Waals surface area (Å²) in [5, 5.41) is 12.2. The molecule has 2 heterocycles. The lowest BCUT2D eigenvalue weighted by atomic mass is 10.2. The Labute approximate surface area is 125 Å². The highest BCUT2D eigenvalue weighted by atomic mass is 16.3. The lowest BCUT2D eigenvalue weighted by Crippen LogP contribution is -2.12. The normalized spacial score (nSPS) is 10.2. The van der Waals surface area contributed by atoms with Crippen molar-refractivity contribution in [2.75, 3.05) is 5.32 Å². The van der Waals surface area contributed by atoms with Crippen molar-refractivity contribution in [3.63, 3.8) is 0 Å². The van der Waals surface area contributed by atoms with Gasteiger partial charge >= 0.3 is 0 Å². The Bertz CT molecular complexity index is 814. The molecule has 108 valence electrons. The van der Waals surface area contributed by atoms with Crippen molar-refractivity contribution in [1.82, 2.24) is 15.2 Å². The van der Waals surface area contributed by atoms with Crippen LogP contribution < -0.4 is 5.32 Å². The molecule has 0 saturated heterocycles. The number of aromatic amines is 1. The highest BCUT2D eigenvalue weighted by Gasteiger charge is 2.12. The number of nitrogens with one attached hydrogen (secondary N) is 2. The first-order valence-electron chi connectivity index (χ1n) is 6.48. The molecule has 0 aliphatic rings. The molecule has 7 nitrogen and oxygen atoms in total. The van der Waals surface area contributed by atoms with Gasteiger partial charge in [0.1, 0.15) is 5.69 Å². The van der Waals surface area contributed by atoms with Crippen molar-refractivity contribution >= 4 is 17.3 Å². The van der Waals surface area contributed by atoms with Crippen LogP contribution in [0.2, 0.25) is 0 Å². The van der Waals surface area contributed by atoms with Crippen molar-refractivity contribution in [3.8, 4) is 11.4 Å². The van der Waals surface area contributed by atoms with E-state index in [1.54, 1.807) is 30.5 Å². The number of amides is 1. The Hall–Kier alpha value is -3.35. The third-order valence-electron chi connectivity index (χ3n) is 2.96. The molecule has 0 unspecified atom stereocenters. The van der Waals surface area contributed by atoms with Gasteiger partial charge in [-0.05, 0) is 41.6 Å². The zero-order valence-corrected chi connectivity index (χ0v) is 11.4. The number of rotatable bonds is 4. The molecule has 0 radical (unpaired) electrons. The molecular weight excluding hydrogens is 282 g/mol. The average molecular weight is 293 g/mol. The van der Waals surface area contributed by atoms with Crippen LogP contribution in [0.1, 0.15) is 10.5 Å². The number of nitroso groups, excluding NO2 is 1. The van der Waals surface area contributed by atoms with Crippen molar-refractivity contribution in [1.29, 1.82) is 0 Å². The van der Waals surface area contributed by atoms with Crippen LogP contribution >= 0.6 is 0 Å². The van der Waals surface area contributed by atoms with Gasteiger partial charge in [-0.3, -0.25) is 14.9 Å². The quantitative estimate of drug-likeness (QED) is 0.722. The number of nitrogens with zero attached hydrogens (tertiary/aromatic N) is 3. The molecule has 0 aliphatic carbocycles. The highest BCUT2D eigenvalue weighted by molar-refractivity contribution is 6.03. The van der Waals surface area contributed by atoms with Gasteiger partial charge in [-0.1, -0.05) is 12.1 Å². The van der Waals surface area contributed by atoms with E-state index in [4.69, 9.17) is 0 Å². The smallest absolute Gasteiger partial charge is 0.276 e. The summed E-state index contributed by atoms with van der Waals surface area (Å²) in [6.45, 7) is 0. The predicted octanol–water partition coefficient (Wildman–Crippen LogP) is 3.12. The maximum atomic E-state index is 12.1. The van der Waals surface area contributed by atoms with Gasteiger partial charge in [-0.15, -0.1) is 4.91 Å². The second-order valence-electron chi connectivity index (χ2n) is 4.48. The van der Waals surface area contributed by atoms with Crippen LogP contribution in [0.4, 0.5) is 11.4 Å². The number of aromatic nitrogens is 3. The summed E-state index contributed by atoms with van der Waals surface area (Å²) in [5.41, 5.74) is 2.29. The van der Waals surface area contributed by atoms with Gasteiger partial charge in [0.2, 0.25) is 0 Å². The first-order valence-corrected chi connectivity index (χ1v) is 6.48. The Kier molecular flexibility index (Phi) is 3.69. The zero-order valence-electron chi connectivity index (χ0n) is 11.4. The third-order valence-corrected chi connectivity index (χ3v) is 2.96. The van der Waals surface area contributed by atoms with E-state index in [-0.39, 0.29) is 17.3 Å². The van der Waals surface area contributed by atoms with Gasteiger partial charge in [0.15, 0.2) is 5.69 Å². The van der Waals surface area contributed by atoms with E-state index >= 15 is 0 Å². The van der Waals surface area contributed by atoms with Crippen LogP contribution in [0.25, 0.3) is 11.4 Å². The van der Waals surface area contributed by atoms with E-state index in [9.17, 15) is 9.70 Å². The summed E-state index contributed by atoms with van der Waals surface area (Å²) in [4.78, 5) is 26.8. The predicted molar refractivity (Wildman–Crippen MR) is 81.7 cm³/mol. The molecule has 0 saturated carbocycles. The van der Waals surface area contributed by atoms with Gasteiger partial charge in [0.25, 0.3) is 5.91 Å². The Morgan fingerprint density at radius 3 is 2.82 bits per heavy atom. The number of carbonyl (C=O) groups is 1. The van der Waals surface area contributed by atoms with Crippen LogP contribution in [-0.4, -0.2) is 21.1 Å². The molecule has 1 aromatic carbocycles. The fourth-order valence-corrected chi connectivity index (χ4v) is 1.93. The van der Waals surface area contributed by atoms with Crippen molar-refractivity contribution < 1.29 is 4.79 Å². The lowest BCUT2D eigenvalue weighted by molar-refractivity contribution is 0.102. The van der Waals surface area contributed by atoms with Crippen molar-refractivity contribution in [2.45, 2.75) is 0 Å². The van der Waals surface area contributed by atoms with E-state index in [0.717, 1.165) is 0 Å². The zero-order chi connectivity index (χ0) is 15.4. The molecule has 7 heteroatoms. The van der Waals surface area contributed by atoms with Gasteiger partial charge in [0, 0.05) is 11.9 Å². The minimum Gasteiger partial charge on any atom is -0.321 e. The first-order chi connectivity index (χ1) is 10.8. The summed E-state index contributed by atoms with van der Waals surface area (Å²) in [6, 6.07) is 13.4. The Morgan fingerprint density at radius 1 is 1.14 bits per heavy atom. The SMILES string of the molecule is O=Nc1cccc(NC(=O)c2cc(-c3ccccn3)[nH]n2)c1. The Balaban J connectivity index is 1.78. The minimum atomic E-state index is -0.388. The first kappa shape index (κ1) is 13.6. The van der Waals surface area contributed by atoms with E-state index in [1.807, 2.05) is 18.2 Å². The number of hydrogen-bond acceptors (Lipinski definition) is 5. The number of benzene rings is 1. The lowest BCUT2D eigenvalue weighted by Gasteiger charge is -2.02. The fourth-order valence-electron chi connectivity index (χ4n) is 1.93. The molecule has 1 amide bonds. The summed E-state index contributed by atoms with van der Waals surface area (Å²) in [7, 11) is 0. The second kappa shape index (κ2) is 5.96. The third kappa shape index (κ3) is 2.88. The minimum absolute atomic E-state index is 0.227. The molecule has 3 aromatic rings. The maximum Gasteiger partial charge on any atom is 0.276 e. The topological polar surface area (TPSA) is 100 Å². The Morgan fingerprint density at radius 2 is 2.05 bits per heavy atom. The van der Waals surface area contributed by atoms with E-state index < -0.39 is 0 Å². The molecule has 0 aliphatic heterocycles. The van der Waals surface area contributed by atoms with Crippen LogP contribution in [0, 0.1) is 4.91 Å². The number of pyridine rings is 1. The van der Waals surface area contributed by atoms with Gasteiger partial charge < -0.3 is 5.32 Å². The van der Waals surface area contributed by atoms with Gasteiger partial charge in [0.05, 0.1) is 11.4 Å². The average Bonchev–Trinajstić information content (AvgIpc) is 3.06. The molecule has 3 rings (SSSR count). The standard InChI is InChI=1S/C15H11N5O2/c21-15(17-10-4-3-5-11(8-10)20-22)14-9-13(18-19-14)12-6-1-2-7-16-12/h1-9H,(H,17,21)(H,18,19). The summed E-state index contributed by atoms with van der Waals surface area (Å²) in [5.74, 6) is -0.388. The second-order valence-corrected chi connectivity index (χ2v) is 4.48. The maximum absolute atomic E-state index is 12.1. The molecule has 2 aromatic heterocycles. The summed E-state index contributed by atoms with van der Waals surface area (Å²) < 4.78 is 0. The van der Waals surface area contributed by atoms with Crippen molar-refractivity contribution in [2.24, 2.45) is 5.18 Å². The molecule has 0 bridgehead atoms. The molecule has 0 spiro atoms. The van der Waals surface area contributed by atoms with Crippen molar-refractivity contribution in [3.05, 3.63) is 65.3 Å².